The third-order valence-corrected chi connectivity index (χ3v) is 1.50. The summed E-state index contributed by atoms with van der Waals surface area (Å²) in [6.07, 6.45) is 0. The molecule has 0 aliphatic carbocycles. The molecule has 1 rings (SSSR count). The number of rotatable bonds is 3. The van der Waals surface area contributed by atoms with Gasteiger partial charge in [-0.15, -0.1) is 0 Å². The van der Waals surface area contributed by atoms with Gasteiger partial charge in [-0.2, -0.15) is 0 Å². The van der Waals surface area contributed by atoms with Crippen LogP contribution in [0.25, 0.3) is 0 Å². The SMILES string of the molecule is CC(N)CN(C)c1nnnn1C. The Morgan fingerprint density at radius 2 is 2.33 bits per heavy atom. The van der Waals surface area contributed by atoms with Crippen LogP contribution in [0.1, 0.15) is 6.92 Å². The molecule has 0 radical (unpaired) electrons. The first kappa shape index (κ1) is 8.92. The molecule has 1 heterocycles. The fourth-order valence-corrected chi connectivity index (χ4v) is 1.06. The Hall–Kier alpha value is -1.17. The van der Waals surface area contributed by atoms with Crippen molar-refractivity contribution in [2.75, 3.05) is 18.5 Å². The number of aromatic nitrogens is 4. The van der Waals surface area contributed by atoms with E-state index in [1.165, 1.54) is 0 Å². The molecule has 0 amide bonds. The van der Waals surface area contributed by atoms with Gasteiger partial charge in [-0.3, -0.25) is 0 Å². The van der Waals surface area contributed by atoms with Gasteiger partial charge in [-0.1, -0.05) is 5.10 Å². The molecule has 0 saturated heterocycles. The molecular weight excluding hydrogens is 156 g/mol. The van der Waals surface area contributed by atoms with Crippen molar-refractivity contribution < 1.29 is 0 Å². The third kappa shape index (κ3) is 1.91. The summed E-state index contributed by atoms with van der Waals surface area (Å²) in [4.78, 5) is 1.92. The summed E-state index contributed by atoms with van der Waals surface area (Å²) in [5, 5.41) is 11.1. The van der Waals surface area contributed by atoms with Crippen LogP contribution >= 0.6 is 0 Å². The average Bonchev–Trinajstić information content (AvgIpc) is 2.33. The highest BCUT2D eigenvalue weighted by Gasteiger charge is 2.08. The lowest BCUT2D eigenvalue weighted by molar-refractivity contribution is 0.666. The maximum absolute atomic E-state index is 5.63. The van der Waals surface area contributed by atoms with Crippen molar-refractivity contribution >= 4 is 5.95 Å². The van der Waals surface area contributed by atoms with Crippen LogP contribution in [-0.2, 0) is 7.05 Å². The summed E-state index contributed by atoms with van der Waals surface area (Å²) in [6.45, 7) is 2.69. The minimum absolute atomic E-state index is 0.117. The van der Waals surface area contributed by atoms with Crippen LogP contribution in [0.4, 0.5) is 5.95 Å². The highest BCUT2D eigenvalue weighted by molar-refractivity contribution is 5.25. The van der Waals surface area contributed by atoms with Crippen molar-refractivity contribution in [3.8, 4) is 0 Å². The van der Waals surface area contributed by atoms with Gasteiger partial charge in [0.05, 0.1) is 0 Å². The molecule has 1 unspecified atom stereocenters. The summed E-state index contributed by atoms with van der Waals surface area (Å²) in [7, 11) is 3.71. The van der Waals surface area contributed by atoms with Gasteiger partial charge in [-0.25, -0.2) is 4.68 Å². The minimum atomic E-state index is 0.117. The number of likely N-dealkylation sites (N-methyl/N-ethyl adjacent to an activating group) is 1. The van der Waals surface area contributed by atoms with Crippen molar-refractivity contribution in [2.24, 2.45) is 12.8 Å². The van der Waals surface area contributed by atoms with Crippen LogP contribution in [-0.4, -0.2) is 39.8 Å². The Morgan fingerprint density at radius 1 is 1.67 bits per heavy atom. The second-order valence-corrected chi connectivity index (χ2v) is 2.96. The van der Waals surface area contributed by atoms with Gasteiger partial charge < -0.3 is 10.6 Å². The number of aryl methyl sites for hydroxylation is 1. The molecule has 1 atom stereocenters. The van der Waals surface area contributed by atoms with Crippen LogP contribution in [0.15, 0.2) is 0 Å². The molecule has 0 bridgehead atoms. The molecule has 6 heteroatoms. The fourth-order valence-electron chi connectivity index (χ4n) is 1.06. The first-order valence-electron chi connectivity index (χ1n) is 3.80. The topological polar surface area (TPSA) is 72.9 Å². The maximum atomic E-state index is 5.63. The van der Waals surface area contributed by atoms with Crippen LogP contribution in [0.3, 0.4) is 0 Å². The maximum Gasteiger partial charge on any atom is 0.245 e. The Labute approximate surface area is 71.3 Å². The standard InChI is InChI=1S/C6H14N6/c1-5(7)4-11(2)6-8-9-10-12(6)3/h5H,4,7H2,1-3H3. The minimum Gasteiger partial charge on any atom is -0.341 e. The van der Waals surface area contributed by atoms with Crippen LogP contribution in [0.5, 0.6) is 0 Å². The molecule has 6 nitrogen and oxygen atoms in total. The van der Waals surface area contributed by atoms with Crippen LogP contribution in [0, 0.1) is 0 Å². The van der Waals surface area contributed by atoms with Crippen molar-refractivity contribution in [3.05, 3.63) is 0 Å². The fraction of sp³-hybridized carbons (Fsp3) is 0.833. The van der Waals surface area contributed by atoms with E-state index < -0.39 is 0 Å². The second-order valence-electron chi connectivity index (χ2n) is 2.96. The van der Waals surface area contributed by atoms with Crippen molar-refractivity contribution in [3.63, 3.8) is 0 Å². The van der Waals surface area contributed by atoms with Crippen LogP contribution in [0.2, 0.25) is 0 Å². The predicted molar refractivity (Wildman–Crippen MR) is 45.7 cm³/mol. The molecule has 0 saturated carbocycles. The van der Waals surface area contributed by atoms with E-state index >= 15 is 0 Å². The zero-order valence-electron chi connectivity index (χ0n) is 7.60. The Kier molecular flexibility index (Phi) is 2.59. The Morgan fingerprint density at radius 3 is 2.75 bits per heavy atom. The number of tetrazole rings is 1. The summed E-state index contributed by atoms with van der Waals surface area (Å²) in [6, 6.07) is 0.117. The Balaban J connectivity index is 2.65. The Bertz CT molecular complexity index is 242. The van der Waals surface area contributed by atoms with Gasteiger partial charge >= 0.3 is 0 Å². The van der Waals surface area contributed by atoms with Crippen molar-refractivity contribution in [1.29, 1.82) is 0 Å². The van der Waals surface area contributed by atoms with Crippen molar-refractivity contribution in [1.82, 2.24) is 20.2 Å². The third-order valence-electron chi connectivity index (χ3n) is 1.50. The van der Waals surface area contributed by atoms with E-state index in [9.17, 15) is 0 Å². The molecule has 1 aromatic rings. The van der Waals surface area contributed by atoms with E-state index in [1.807, 2.05) is 18.9 Å². The van der Waals surface area contributed by atoms with E-state index in [0.717, 1.165) is 12.5 Å². The number of hydrogen-bond acceptors (Lipinski definition) is 5. The molecule has 2 N–H and O–H groups in total. The van der Waals surface area contributed by atoms with Gasteiger partial charge in [-0.05, 0) is 17.4 Å². The van der Waals surface area contributed by atoms with Gasteiger partial charge in [0.15, 0.2) is 0 Å². The highest BCUT2D eigenvalue weighted by atomic mass is 15.6. The molecule has 1 aromatic heterocycles. The lowest BCUT2D eigenvalue weighted by Gasteiger charge is -2.18. The monoisotopic (exact) mass is 170 g/mol. The summed E-state index contributed by atoms with van der Waals surface area (Å²) in [5.74, 6) is 0.729. The van der Waals surface area contributed by atoms with Gasteiger partial charge in [0, 0.05) is 26.7 Å². The summed E-state index contributed by atoms with van der Waals surface area (Å²) in [5.41, 5.74) is 5.63. The smallest absolute Gasteiger partial charge is 0.245 e. The predicted octanol–water partition coefficient (Wildman–Crippen LogP) is -1.01. The quantitative estimate of drug-likeness (QED) is 0.629. The summed E-state index contributed by atoms with van der Waals surface area (Å²) >= 11 is 0. The van der Waals surface area contributed by atoms with E-state index in [0.29, 0.717) is 0 Å². The lowest BCUT2D eigenvalue weighted by Crippen LogP contribution is -2.34. The normalized spacial score (nSPS) is 13.0. The van der Waals surface area contributed by atoms with E-state index in [2.05, 4.69) is 15.5 Å². The molecule has 68 valence electrons. The molecule has 12 heavy (non-hydrogen) atoms. The summed E-state index contributed by atoms with van der Waals surface area (Å²) < 4.78 is 1.61. The van der Waals surface area contributed by atoms with Gasteiger partial charge in [0.25, 0.3) is 0 Å². The van der Waals surface area contributed by atoms with Gasteiger partial charge in [0.2, 0.25) is 5.95 Å². The molecule has 0 aliphatic heterocycles. The van der Waals surface area contributed by atoms with E-state index in [-0.39, 0.29) is 6.04 Å². The first-order valence-corrected chi connectivity index (χ1v) is 3.80. The van der Waals surface area contributed by atoms with E-state index in [4.69, 9.17) is 5.73 Å². The average molecular weight is 170 g/mol. The molecule has 0 aliphatic rings. The zero-order chi connectivity index (χ0) is 9.14. The molecule has 0 fully saturated rings. The molecule has 0 spiro atoms. The second kappa shape index (κ2) is 3.48. The highest BCUT2D eigenvalue weighted by Crippen LogP contribution is 2.02. The lowest BCUT2D eigenvalue weighted by atomic mass is 10.3. The van der Waals surface area contributed by atoms with Crippen LogP contribution < -0.4 is 10.6 Å². The first-order chi connectivity index (χ1) is 5.61. The van der Waals surface area contributed by atoms with Crippen molar-refractivity contribution in [2.45, 2.75) is 13.0 Å². The largest absolute Gasteiger partial charge is 0.341 e. The molecule has 0 aromatic carbocycles. The zero-order valence-corrected chi connectivity index (χ0v) is 7.60. The molecular formula is C6H14N6. The van der Waals surface area contributed by atoms with E-state index in [1.54, 1.807) is 11.7 Å². The number of nitrogens with two attached hydrogens (primary N) is 1. The van der Waals surface area contributed by atoms with Gasteiger partial charge in [0.1, 0.15) is 0 Å². The number of anilines is 1. The number of hydrogen-bond donors (Lipinski definition) is 1. The number of nitrogens with zero attached hydrogens (tertiary/aromatic N) is 5.